The summed E-state index contributed by atoms with van der Waals surface area (Å²) in [6.07, 6.45) is 1.59. The van der Waals surface area contributed by atoms with E-state index >= 15 is 0 Å². The van der Waals surface area contributed by atoms with Crippen molar-refractivity contribution < 1.29 is 19.1 Å². The van der Waals surface area contributed by atoms with Gasteiger partial charge in [0.1, 0.15) is 22.8 Å². The Balaban J connectivity index is 1.47. The van der Waals surface area contributed by atoms with E-state index in [1.807, 2.05) is 72.8 Å². The standard InChI is InChI=1S/C23H17NO4S/c25-22(26)21(29-23-24-19-8-4-5-9-20(19)28-23)14-16-10-12-18(13-11-16)27-15-17-6-2-1-3-7-17/h1-14H,15H2,(H,25,26)/b21-14-. The summed E-state index contributed by atoms with van der Waals surface area (Å²) in [5.74, 6) is -0.323. The van der Waals surface area contributed by atoms with Crippen molar-refractivity contribution >= 4 is 34.9 Å². The van der Waals surface area contributed by atoms with Crippen molar-refractivity contribution in [2.75, 3.05) is 0 Å². The third-order valence-corrected chi connectivity index (χ3v) is 4.97. The fourth-order valence-electron chi connectivity index (χ4n) is 2.68. The van der Waals surface area contributed by atoms with Gasteiger partial charge in [0, 0.05) is 0 Å². The number of thioether (sulfide) groups is 1. The van der Waals surface area contributed by atoms with Crippen LogP contribution in [-0.2, 0) is 11.4 Å². The number of carbonyl (C=O) groups is 1. The minimum atomic E-state index is -1.04. The molecule has 5 nitrogen and oxygen atoms in total. The van der Waals surface area contributed by atoms with E-state index in [0.29, 0.717) is 22.9 Å². The fourth-order valence-corrected chi connectivity index (χ4v) is 3.42. The second-order valence-corrected chi connectivity index (χ2v) is 7.20. The molecule has 0 amide bonds. The highest BCUT2D eigenvalue weighted by atomic mass is 32.2. The summed E-state index contributed by atoms with van der Waals surface area (Å²) in [6.45, 7) is 0.476. The molecular formula is C23H17NO4S. The largest absolute Gasteiger partial charge is 0.489 e. The summed E-state index contributed by atoms with van der Waals surface area (Å²) in [5.41, 5.74) is 3.15. The summed E-state index contributed by atoms with van der Waals surface area (Å²) < 4.78 is 11.4. The van der Waals surface area contributed by atoms with Gasteiger partial charge in [-0.25, -0.2) is 9.78 Å². The molecule has 0 radical (unpaired) electrons. The number of para-hydroxylation sites is 2. The number of oxazole rings is 1. The Morgan fingerprint density at radius 3 is 2.45 bits per heavy atom. The zero-order valence-electron chi connectivity index (χ0n) is 15.3. The van der Waals surface area contributed by atoms with Crippen molar-refractivity contribution in [3.63, 3.8) is 0 Å². The van der Waals surface area contributed by atoms with Crippen molar-refractivity contribution in [2.45, 2.75) is 11.8 Å². The molecule has 0 aliphatic carbocycles. The molecule has 1 aromatic heterocycles. The third kappa shape index (κ3) is 4.86. The van der Waals surface area contributed by atoms with E-state index in [9.17, 15) is 9.90 Å². The lowest BCUT2D eigenvalue weighted by atomic mass is 10.2. The van der Waals surface area contributed by atoms with Crippen LogP contribution < -0.4 is 4.74 Å². The first-order valence-electron chi connectivity index (χ1n) is 8.92. The summed E-state index contributed by atoms with van der Waals surface area (Å²) >= 11 is 0.982. The fraction of sp³-hybridized carbons (Fsp3) is 0.0435. The zero-order chi connectivity index (χ0) is 20.1. The van der Waals surface area contributed by atoms with E-state index in [1.165, 1.54) is 0 Å². The smallest absolute Gasteiger partial charge is 0.342 e. The molecule has 3 aromatic carbocycles. The number of aliphatic carboxylic acids is 1. The zero-order valence-corrected chi connectivity index (χ0v) is 16.1. The highest BCUT2D eigenvalue weighted by molar-refractivity contribution is 8.03. The first-order valence-corrected chi connectivity index (χ1v) is 9.74. The van der Waals surface area contributed by atoms with Gasteiger partial charge in [0.15, 0.2) is 5.58 Å². The van der Waals surface area contributed by atoms with Crippen LogP contribution in [0.3, 0.4) is 0 Å². The Bertz CT molecular complexity index is 1120. The van der Waals surface area contributed by atoms with Crippen molar-refractivity contribution in [2.24, 2.45) is 0 Å². The highest BCUT2D eigenvalue weighted by Gasteiger charge is 2.14. The van der Waals surface area contributed by atoms with Crippen LogP contribution in [0.5, 0.6) is 5.75 Å². The molecule has 29 heavy (non-hydrogen) atoms. The summed E-state index contributed by atoms with van der Waals surface area (Å²) in [7, 11) is 0. The van der Waals surface area contributed by atoms with Gasteiger partial charge in [-0.2, -0.15) is 0 Å². The van der Waals surface area contributed by atoms with E-state index in [-0.39, 0.29) is 4.91 Å². The van der Waals surface area contributed by atoms with Gasteiger partial charge >= 0.3 is 5.97 Å². The number of hydrogen-bond acceptors (Lipinski definition) is 5. The van der Waals surface area contributed by atoms with Crippen molar-refractivity contribution in [1.82, 2.24) is 4.98 Å². The van der Waals surface area contributed by atoms with Crippen LogP contribution in [0, 0.1) is 0 Å². The molecule has 0 aliphatic heterocycles. The SMILES string of the molecule is O=C(O)/C(=C/c1ccc(OCc2ccccc2)cc1)Sc1nc2ccccc2o1. The van der Waals surface area contributed by atoms with Crippen molar-refractivity contribution in [3.05, 3.63) is 94.9 Å². The molecule has 0 bridgehead atoms. The van der Waals surface area contributed by atoms with Gasteiger partial charge in [0.25, 0.3) is 5.22 Å². The first-order chi connectivity index (χ1) is 14.2. The molecule has 0 saturated heterocycles. The molecule has 4 aromatic rings. The minimum Gasteiger partial charge on any atom is -0.489 e. The van der Waals surface area contributed by atoms with Crippen LogP contribution in [0.1, 0.15) is 11.1 Å². The first kappa shape index (κ1) is 18.8. The Morgan fingerprint density at radius 2 is 1.72 bits per heavy atom. The van der Waals surface area contributed by atoms with Crippen LogP contribution >= 0.6 is 11.8 Å². The molecule has 0 atom stereocenters. The maximum Gasteiger partial charge on any atom is 0.342 e. The van der Waals surface area contributed by atoms with Gasteiger partial charge in [-0.15, -0.1) is 0 Å². The quantitative estimate of drug-likeness (QED) is 0.319. The van der Waals surface area contributed by atoms with Crippen molar-refractivity contribution in [1.29, 1.82) is 0 Å². The van der Waals surface area contributed by atoms with Crippen LogP contribution in [-0.4, -0.2) is 16.1 Å². The molecule has 144 valence electrons. The maximum absolute atomic E-state index is 11.7. The monoisotopic (exact) mass is 403 g/mol. The number of rotatable bonds is 7. The number of carboxylic acids is 1. The summed E-state index contributed by atoms with van der Waals surface area (Å²) in [5, 5.41) is 9.85. The van der Waals surface area contributed by atoms with Crippen LogP contribution in [0.4, 0.5) is 0 Å². The van der Waals surface area contributed by atoms with Crippen LogP contribution in [0.15, 0.2) is 93.4 Å². The molecule has 1 N–H and O–H groups in total. The number of nitrogens with zero attached hydrogens (tertiary/aromatic N) is 1. The predicted octanol–water partition coefficient (Wildman–Crippen LogP) is 5.62. The Hall–Kier alpha value is -3.51. The van der Waals surface area contributed by atoms with Gasteiger partial charge in [-0.3, -0.25) is 0 Å². The van der Waals surface area contributed by atoms with Gasteiger partial charge in [-0.1, -0.05) is 54.6 Å². The molecule has 0 aliphatic rings. The second-order valence-electron chi connectivity index (χ2n) is 6.21. The lowest BCUT2D eigenvalue weighted by molar-refractivity contribution is -0.131. The normalized spacial score (nSPS) is 11.5. The minimum absolute atomic E-state index is 0.120. The van der Waals surface area contributed by atoms with Crippen LogP contribution in [0.25, 0.3) is 17.2 Å². The van der Waals surface area contributed by atoms with E-state index in [0.717, 1.165) is 28.6 Å². The maximum atomic E-state index is 11.7. The van der Waals surface area contributed by atoms with E-state index in [1.54, 1.807) is 12.1 Å². The van der Waals surface area contributed by atoms with Crippen LogP contribution in [0.2, 0.25) is 0 Å². The molecule has 0 spiro atoms. The van der Waals surface area contributed by atoms with Gasteiger partial charge in [0.2, 0.25) is 0 Å². The molecule has 6 heteroatoms. The van der Waals surface area contributed by atoms with Gasteiger partial charge in [0.05, 0.1) is 0 Å². The summed E-state index contributed by atoms with van der Waals surface area (Å²) in [4.78, 5) is 16.1. The predicted molar refractivity (Wildman–Crippen MR) is 113 cm³/mol. The highest BCUT2D eigenvalue weighted by Crippen LogP contribution is 2.30. The molecule has 0 unspecified atom stereocenters. The van der Waals surface area contributed by atoms with Gasteiger partial charge in [-0.05, 0) is 53.2 Å². The lowest BCUT2D eigenvalue weighted by Gasteiger charge is -2.06. The van der Waals surface area contributed by atoms with E-state index in [2.05, 4.69) is 4.98 Å². The lowest BCUT2D eigenvalue weighted by Crippen LogP contribution is -1.97. The topological polar surface area (TPSA) is 72.6 Å². The number of ether oxygens (including phenoxy) is 1. The van der Waals surface area contributed by atoms with E-state index < -0.39 is 5.97 Å². The molecular weight excluding hydrogens is 386 g/mol. The second kappa shape index (κ2) is 8.67. The van der Waals surface area contributed by atoms with Crippen molar-refractivity contribution in [3.8, 4) is 5.75 Å². The number of hydrogen-bond donors (Lipinski definition) is 1. The average Bonchev–Trinajstić information content (AvgIpc) is 3.16. The molecule has 0 fully saturated rings. The molecule has 0 saturated carbocycles. The Morgan fingerprint density at radius 1 is 1.00 bits per heavy atom. The van der Waals surface area contributed by atoms with E-state index in [4.69, 9.17) is 9.15 Å². The third-order valence-electron chi connectivity index (χ3n) is 4.11. The Kier molecular flexibility index (Phi) is 5.63. The number of carboxylic acid groups (broad SMARTS) is 1. The molecule has 1 heterocycles. The molecule has 4 rings (SSSR count). The number of fused-ring (bicyclic) bond motifs is 1. The average molecular weight is 403 g/mol. The summed E-state index contributed by atoms with van der Waals surface area (Å²) in [6, 6.07) is 24.5. The van der Waals surface area contributed by atoms with Gasteiger partial charge < -0.3 is 14.3 Å². The Labute approximate surface area is 171 Å². The number of aromatic nitrogens is 1. The number of benzene rings is 3.